The van der Waals surface area contributed by atoms with Gasteiger partial charge < -0.3 is 15.1 Å². The normalized spacial score (nSPS) is 13.6. The van der Waals surface area contributed by atoms with Crippen LogP contribution in [-0.2, 0) is 6.42 Å². The third-order valence-electron chi connectivity index (χ3n) is 5.55. The molecule has 2 aromatic carbocycles. The minimum atomic E-state index is -0.138. The number of carbonyl (C=O) groups is 2. The average molecular weight is 483 g/mol. The molecule has 4 rings (SSSR count). The van der Waals surface area contributed by atoms with Gasteiger partial charge in [0.15, 0.2) is 0 Å². The summed E-state index contributed by atoms with van der Waals surface area (Å²) in [6.45, 7) is 2.99. The highest BCUT2D eigenvalue weighted by Gasteiger charge is 2.23. The van der Waals surface area contributed by atoms with Gasteiger partial charge in [0.25, 0.3) is 11.8 Å². The molecule has 0 saturated carbocycles. The molecule has 33 heavy (non-hydrogen) atoms. The Labute approximate surface area is 203 Å². The Hall–Kier alpha value is -3.09. The highest BCUT2D eigenvalue weighted by molar-refractivity contribution is 6.35. The van der Waals surface area contributed by atoms with Gasteiger partial charge in [-0.15, -0.1) is 0 Å². The van der Waals surface area contributed by atoms with E-state index in [9.17, 15) is 9.59 Å². The zero-order valence-electron chi connectivity index (χ0n) is 18.0. The summed E-state index contributed by atoms with van der Waals surface area (Å²) in [5, 5.41) is 3.82. The van der Waals surface area contributed by atoms with Crippen molar-refractivity contribution in [2.75, 3.05) is 37.6 Å². The molecule has 1 saturated heterocycles. The van der Waals surface area contributed by atoms with Crippen LogP contribution in [0.25, 0.3) is 0 Å². The summed E-state index contributed by atoms with van der Waals surface area (Å²) in [4.78, 5) is 33.5. The van der Waals surface area contributed by atoms with E-state index in [4.69, 9.17) is 23.2 Å². The fourth-order valence-electron chi connectivity index (χ4n) is 3.77. The van der Waals surface area contributed by atoms with Gasteiger partial charge in [0, 0.05) is 54.5 Å². The van der Waals surface area contributed by atoms with Gasteiger partial charge in [-0.3, -0.25) is 9.59 Å². The molecule has 2 amide bonds. The van der Waals surface area contributed by atoms with Gasteiger partial charge in [0.1, 0.15) is 5.82 Å². The van der Waals surface area contributed by atoms with Crippen molar-refractivity contribution in [3.8, 4) is 0 Å². The van der Waals surface area contributed by atoms with Crippen molar-refractivity contribution in [3.05, 3.63) is 93.6 Å². The van der Waals surface area contributed by atoms with Crippen LogP contribution >= 0.6 is 23.2 Å². The second-order valence-electron chi connectivity index (χ2n) is 7.83. The molecule has 170 valence electrons. The highest BCUT2D eigenvalue weighted by Crippen LogP contribution is 2.21. The Kier molecular flexibility index (Phi) is 7.47. The monoisotopic (exact) mass is 482 g/mol. The summed E-state index contributed by atoms with van der Waals surface area (Å²) in [7, 11) is 0. The van der Waals surface area contributed by atoms with Crippen LogP contribution in [0.3, 0.4) is 0 Å². The summed E-state index contributed by atoms with van der Waals surface area (Å²) in [5.41, 5.74) is 2.20. The van der Waals surface area contributed by atoms with E-state index in [-0.39, 0.29) is 11.8 Å². The molecule has 0 atom stereocenters. The number of pyridine rings is 1. The number of halogens is 2. The first-order chi connectivity index (χ1) is 16.0. The number of hydrogen-bond donors (Lipinski definition) is 1. The van der Waals surface area contributed by atoms with Crippen LogP contribution in [0, 0.1) is 0 Å². The molecular formula is C25H24Cl2N4O2. The van der Waals surface area contributed by atoms with Gasteiger partial charge in [-0.2, -0.15) is 0 Å². The van der Waals surface area contributed by atoms with Crippen molar-refractivity contribution in [1.82, 2.24) is 15.2 Å². The number of amides is 2. The van der Waals surface area contributed by atoms with E-state index in [1.807, 2.05) is 36.4 Å². The van der Waals surface area contributed by atoms with Gasteiger partial charge in [-0.1, -0.05) is 53.5 Å². The zero-order chi connectivity index (χ0) is 23.2. The Morgan fingerprint density at radius 2 is 1.58 bits per heavy atom. The molecule has 0 radical (unpaired) electrons. The summed E-state index contributed by atoms with van der Waals surface area (Å²) >= 11 is 12.1. The molecule has 2 heterocycles. The summed E-state index contributed by atoms with van der Waals surface area (Å²) < 4.78 is 0. The highest BCUT2D eigenvalue weighted by atomic mass is 35.5. The van der Waals surface area contributed by atoms with E-state index < -0.39 is 0 Å². The van der Waals surface area contributed by atoms with Crippen molar-refractivity contribution in [2.45, 2.75) is 6.42 Å². The molecule has 1 N–H and O–H groups in total. The third-order valence-corrected chi connectivity index (χ3v) is 5.99. The van der Waals surface area contributed by atoms with Crippen molar-refractivity contribution in [3.63, 3.8) is 0 Å². The lowest BCUT2D eigenvalue weighted by Crippen LogP contribution is -2.49. The van der Waals surface area contributed by atoms with Gasteiger partial charge in [0.05, 0.1) is 5.56 Å². The molecule has 8 heteroatoms. The SMILES string of the molecule is O=C(NCCc1ccccc1)c1ccc(N2CCN(C(=O)c3cc(Cl)cc(Cl)c3)CC2)nc1. The molecule has 0 bridgehead atoms. The molecular weight excluding hydrogens is 459 g/mol. The van der Waals surface area contributed by atoms with Crippen LogP contribution in [0.1, 0.15) is 26.3 Å². The van der Waals surface area contributed by atoms with Crippen molar-refractivity contribution in [1.29, 1.82) is 0 Å². The van der Waals surface area contributed by atoms with Crippen molar-refractivity contribution < 1.29 is 9.59 Å². The second kappa shape index (κ2) is 10.7. The molecule has 1 fully saturated rings. The maximum atomic E-state index is 12.8. The van der Waals surface area contributed by atoms with Gasteiger partial charge in [-0.25, -0.2) is 4.98 Å². The second-order valence-corrected chi connectivity index (χ2v) is 8.71. The average Bonchev–Trinajstić information content (AvgIpc) is 2.84. The molecule has 1 aliphatic rings. The Bertz CT molecular complexity index is 1090. The maximum Gasteiger partial charge on any atom is 0.254 e. The number of nitrogens with one attached hydrogen (secondary N) is 1. The Morgan fingerprint density at radius 3 is 2.21 bits per heavy atom. The van der Waals surface area contributed by atoms with E-state index >= 15 is 0 Å². The summed E-state index contributed by atoms with van der Waals surface area (Å²) in [6.07, 6.45) is 2.38. The molecule has 1 aromatic heterocycles. The number of anilines is 1. The standard InChI is InChI=1S/C25H24Cl2N4O2/c26-21-14-20(15-22(27)16-21)25(33)31-12-10-30(11-13-31)23-7-6-19(17-29-23)24(32)28-9-8-18-4-2-1-3-5-18/h1-7,14-17H,8-13H2,(H,28,32). The maximum absolute atomic E-state index is 12.8. The van der Waals surface area contributed by atoms with E-state index in [0.717, 1.165) is 12.2 Å². The summed E-state index contributed by atoms with van der Waals surface area (Å²) in [5.74, 6) is 0.559. The minimum absolute atomic E-state index is 0.0884. The van der Waals surface area contributed by atoms with Crippen molar-refractivity contribution in [2.24, 2.45) is 0 Å². The number of rotatable bonds is 6. The lowest BCUT2D eigenvalue weighted by atomic mass is 10.1. The number of carbonyl (C=O) groups excluding carboxylic acids is 2. The fraction of sp³-hybridized carbons (Fsp3) is 0.240. The van der Waals surface area contributed by atoms with Gasteiger partial charge in [-0.05, 0) is 42.3 Å². The molecule has 3 aromatic rings. The van der Waals surface area contributed by atoms with Crippen LogP contribution in [-0.4, -0.2) is 54.4 Å². The first kappa shape index (κ1) is 23.1. The molecule has 0 unspecified atom stereocenters. The number of hydrogen-bond acceptors (Lipinski definition) is 4. The Balaban J connectivity index is 1.28. The van der Waals surface area contributed by atoms with Crippen molar-refractivity contribution >= 4 is 40.8 Å². The van der Waals surface area contributed by atoms with Crippen LogP contribution in [0.5, 0.6) is 0 Å². The predicted octanol–water partition coefficient (Wildman–Crippen LogP) is 4.32. The molecule has 6 nitrogen and oxygen atoms in total. The first-order valence-electron chi connectivity index (χ1n) is 10.8. The van der Waals surface area contributed by atoms with Gasteiger partial charge in [0.2, 0.25) is 0 Å². The molecule has 0 spiro atoms. The van der Waals surface area contributed by atoms with Crippen LogP contribution in [0.4, 0.5) is 5.82 Å². The Morgan fingerprint density at radius 1 is 0.879 bits per heavy atom. The molecule has 1 aliphatic heterocycles. The zero-order valence-corrected chi connectivity index (χ0v) is 19.5. The van der Waals surface area contributed by atoms with E-state index in [0.29, 0.717) is 53.9 Å². The van der Waals surface area contributed by atoms with Crippen LogP contribution < -0.4 is 10.2 Å². The number of nitrogens with zero attached hydrogens (tertiary/aromatic N) is 3. The first-order valence-corrected chi connectivity index (χ1v) is 11.5. The summed E-state index contributed by atoms with van der Waals surface area (Å²) in [6, 6.07) is 18.5. The minimum Gasteiger partial charge on any atom is -0.353 e. The predicted molar refractivity (Wildman–Crippen MR) is 131 cm³/mol. The van der Waals surface area contributed by atoms with Gasteiger partial charge >= 0.3 is 0 Å². The largest absolute Gasteiger partial charge is 0.353 e. The lowest BCUT2D eigenvalue weighted by Gasteiger charge is -2.35. The van der Waals surface area contributed by atoms with E-state index in [1.165, 1.54) is 5.56 Å². The van der Waals surface area contributed by atoms with E-state index in [2.05, 4.69) is 15.2 Å². The topological polar surface area (TPSA) is 65.5 Å². The van der Waals surface area contributed by atoms with Crippen LogP contribution in [0.15, 0.2) is 66.9 Å². The third kappa shape index (κ3) is 6.03. The van der Waals surface area contributed by atoms with Crippen LogP contribution in [0.2, 0.25) is 10.0 Å². The number of piperazine rings is 1. The quantitative estimate of drug-likeness (QED) is 0.567. The number of benzene rings is 2. The fourth-order valence-corrected chi connectivity index (χ4v) is 4.30. The lowest BCUT2D eigenvalue weighted by molar-refractivity contribution is 0.0746. The number of aromatic nitrogens is 1. The van der Waals surface area contributed by atoms with E-state index in [1.54, 1.807) is 35.4 Å². The smallest absolute Gasteiger partial charge is 0.254 e. The molecule has 0 aliphatic carbocycles.